The highest BCUT2D eigenvalue weighted by atomic mass is 16.5. The predicted molar refractivity (Wildman–Crippen MR) is 109 cm³/mol. The Bertz CT molecular complexity index is 729. The number of fused-ring (bicyclic) bond motifs is 1. The van der Waals surface area contributed by atoms with Gasteiger partial charge in [0.1, 0.15) is 0 Å². The number of aryl methyl sites for hydroxylation is 1. The fraction of sp³-hybridized carbons (Fsp3) is 0.571. The maximum atomic E-state index is 5.76. The fourth-order valence-corrected chi connectivity index (χ4v) is 3.75. The molecule has 0 unspecified atom stereocenters. The Kier molecular flexibility index (Phi) is 6.56. The third-order valence-electron chi connectivity index (χ3n) is 5.13. The second kappa shape index (κ2) is 9.08. The number of aromatic nitrogens is 1. The van der Waals surface area contributed by atoms with E-state index in [9.17, 15) is 0 Å². The second-order valence-corrected chi connectivity index (χ2v) is 6.94. The molecule has 0 amide bonds. The number of ether oxygens (including phenoxy) is 1. The van der Waals surface area contributed by atoms with Crippen LogP contribution in [-0.2, 0) is 11.2 Å². The van der Waals surface area contributed by atoms with Gasteiger partial charge in [-0.15, -0.1) is 0 Å². The van der Waals surface area contributed by atoms with Crippen LogP contribution >= 0.6 is 0 Å². The molecule has 0 radical (unpaired) electrons. The van der Waals surface area contributed by atoms with Crippen LogP contribution in [0.3, 0.4) is 0 Å². The number of likely N-dealkylation sites (tertiary alicyclic amines) is 1. The number of benzene rings is 1. The first-order valence-corrected chi connectivity index (χ1v) is 9.93. The van der Waals surface area contributed by atoms with Gasteiger partial charge in [-0.05, 0) is 51.2 Å². The minimum Gasteiger partial charge on any atom is -0.378 e. The second-order valence-electron chi connectivity index (χ2n) is 6.94. The van der Waals surface area contributed by atoms with Gasteiger partial charge in [-0.2, -0.15) is 0 Å². The third kappa shape index (κ3) is 4.39. The number of para-hydroxylation sites is 1. The van der Waals surface area contributed by atoms with Gasteiger partial charge in [0.25, 0.3) is 0 Å². The Hall–Kier alpha value is -2.01. The van der Waals surface area contributed by atoms with Crippen molar-refractivity contribution in [3.8, 4) is 0 Å². The van der Waals surface area contributed by atoms with Gasteiger partial charge in [0.2, 0.25) is 0 Å². The third-order valence-corrected chi connectivity index (χ3v) is 5.13. The standard InChI is InChI=1S/C21H32N4O/c1-4-22-21(25-13-10-18(11-14-25)26-5-2)23-12-9-17-15-24-20-16(3)7-6-8-19(17)20/h6-8,15,18,24H,4-5,9-14H2,1-3H3,(H,22,23). The molecule has 1 aromatic heterocycles. The molecule has 0 aliphatic carbocycles. The fourth-order valence-electron chi connectivity index (χ4n) is 3.75. The van der Waals surface area contributed by atoms with Crippen LogP contribution in [0.4, 0.5) is 0 Å². The first-order valence-electron chi connectivity index (χ1n) is 9.93. The Morgan fingerprint density at radius 1 is 1.31 bits per heavy atom. The number of aliphatic imine (C=N–C) groups is 1. The summed E-state index contributed by atoms with van der Waals surface area (Å²) in [6.07, 6.45) is 5.66. The number of H-pyrrole nitrogens is 1. The molecule has 26 heavy (non-hydrogen) atoms. The zero-order valence-electron chi connectivity index (χ0n) is 16.3. The van der Waals surface area contributed by atoms with Crippen molar-refractivity contribution in [2.45, 2.75) is 46.1 Å². The van der Waals surface area contributed by atoms with Crippen molar-refractivity contribution in [1.29, 1.82) is 0 Å². The van der Waals surface area contributed by atoms with E-state index >= 15 is 0 Å². The van der Waals surface area contributed by atoms with E-state index in [-0.39, 0.29) is 0 Å². The van der Waals surface area contributed by atoms with Gasteiger partial charge in [0.15, 0.2) is 5.96 Å². The minimum atomic E-state index is 0.411. The number of hydrogen-bond donors (Lipinski definition) is 2. The molecule has 142 valence electrons. The summed E-state index contributed by atoms with van der Waals surface area (Å²) in [5.74, 6) is 1.04. The number of aromatic amines is 1. The van der Waals surface area contributed by atoms with Crippen LogP contribution in [0.2, 0.25) is 0 Å². The first kappa shape index (κ1) is 18.8. The van der Waals surface area contributed by atoms with Crippen LogP contribution < -0.4 is 5.32 Å². The monoisotopic (exact) mass is 356 g/mol. The number of guanidine groups is 1. The number of nitrogens with one attached hydrogen (secondary N) is 2. The van der Waals surface area contributed by atoms with Crippen molar-refractivity contribution in [2.24, 2.45) is 4.99 Å². The molecule has 1 aromatic carbocycles. The largest absolute Gasteiger partial charge is 0.378 e. The Morgan fingerprint density at radius 3 is 2.85 bits per heavy atom. The molecule has 5 heteroatoms. The maximum Gasteiger partial charge on any atom is 0.193 e. The number of rotatable bonds is 6. The average molecular weight is 357 g/mol. The lowest BCUT2D eigenvalue weighted by atomic mass is 10.1. The molecular weight excluding hydrogens is 324 g/mol. The van der Waals surface area contributed by atoms with Crippen LogP contribution in [0.15, 0.2) is 29.4 Å². The summed E-state index contributed by atoms with van der Waals surface area (Å²) in [7, 11) is 0. The summed E-state index contributed by atoms with van der Waals surface area (Å²) in [5.41, 5.74) is 3.89. The first-order chi connectivity index (χ1) is 12.7. The molecular formula is C21H32N4O. The molecule has 1 aliphatic heterocycles. The van der Waals surface area contributed by atoms with Crippen LogP contribution in [0.1, 0.15) is 37.8 Å². The van der Waals surface area contributed by atoms with Gasteiger partial charge in [-0.3, -0.25) is 4.99 Å². The highest BCUT2D eigenvalue weighted by molar-refractivity contribution is 5.86. The van der Waals surface area contributed by atoms with Gasteiger partial charge in [-0.1, -0.05) is 18.2 Å². The molecule has 1 saturated heterocycles. The normalized spacial score (nSPS) is 16.4. The molecule has 0 spiro atoms. The van der Waals surface area contributed by atoms with Crippen molar-refractivity contribution in [2.75, 3.05) is 32.8 Å². The van der Waals surface area contributed by atoms with E-state index in [1.807, 2.05) is 0 Å². The number of nitrogens with zero attached hydrogens (tertiary/aromatic N) is 2. The molecule has 2 aromatic rings. The SMILES string of the molecule is CCNC(=NCCc1c[nH]c2c(C)cccc12)N1CCC(OCC)CC1. The van der Waals surface area contributed by atoms with Crippen LogP contribution in [0.5, 0.6) is 0 Å². The average Bonchev–Trinajstić information content (AvgIpc) is 3.07. The summed E-state index contributed by atoms with van der Waals surface area (Å²) >= 11 is 0. The van der Waals surface area contributed by atoms with Gasteiger partial charge in [-0.25, -0.2) is 0 Å². The van der Waals surface area contributed by atoms with E-state index in [1.54, 1.807) is 0 Å². The van der Waals surface area contributed by atoms with Crippen molar-refractivity contribution < 1.29 is 4.74 Å². The van der Waals surface area contributed by atoms with E-state index < -0.39 is 0 Å². The zero-order valence-corrected chi connectivity index (χ0v) is 16.3. The summed E-state index contributed by atoms with van der Waals surface area (Å²) in [6.45, 7) is 10.9. The van der Waals surface area contributed by atoms with Crippen molar-refractivity contribution in [3.63, 3.8) is 0 Å². The lowest BCUT2D eigenvalue weighted by Crippen LogP contribution is -2.47. The van der Waals surface area contributed by atoms with E-state index in [4.69, 9.17) is 9.73 Å². The van der Waals surface area contributed by atoms with Gasteiger partial charge >= 0.3 is 0 Å². The van der Waals surface area contributed by atoms with E-state index in [1.165, 1.54) is 22.0 Å². The Morgan fingerprint density at radius 2 is 2.12 bits per heavy atom. The molecule has 0 saturated carbocycles. The molecule has 3 rings (SSSR count). The minimum absolute atomic E-state index is 0.411. The van der Waals surface area contributed by atoms with Crippen molar-refractivity contribution in [3.05, 3.63) is 35.5 Å². The van der Waals surface area contributed by atoms with E-state index in [2.05, 4.69) is 60.4 Å². The summed E-state index contributed by atoms with van der Waals surface area (Å²) in [5, 5.41) is 4.77. The van der Waals surface area contributed by atoms with E-state index in [0.29, 0.717) is 6.10 Å². The summed E-state index contributed by atoms with van der Waals surface area (Å²) < 4.78 is 5.76. The smallest absolute Gasteiger partial charge is 0.193 e. The molecule has 1 fully saturated rings. The van der Waals surface area contributed by atoms with E-state index in [0.717, 1.165) is 58.0 Å². The van der Waals surface area contributed by atoms with Crippen LogP contribution in [0.25, 0.3) is 10.9 Å². The highest BCUT2D eigenvalue weighted by Gasteiger charge is 2.21. The van der Waals surface area contributed by atoms with Crippen molar-refractivity contribution in [1.82, 2.24) is 15.2 Å². The highest BCUT2D eigenvalue weighted by Crippen LogP contribution is 2.21. The number of piperidine rings is 1. The van der Waals surface area contributed by atoms with Crippen LogP contribution in [-0.4, -0.2) is 54.7 Å². The Balaban J connectivity index is 1.61. The zero-order chi connectivity index (χ0) is 18.4. The maximum absolute atomic E-state index is 5.76. The molecule has 2 N–H and O–H groups in total. The molecule has 0 bridgehead atoms. The quantitative estimate of drug-likeness (QED) is 0.615. The number of hydrogen-bond acceptors (Lipinski definition) is 2. The molecule has 0 atom stereocenters. The van der Waals surface area contributed by atoms with Gasteiger partial charge in [0, 0.05) is 49.9 Å². The lowest BCUT2D eigenvalue weighted by molar-refractivity contribution is 0.0264. The molecule has 2 heterocycles. The lowest BCUT2D eigenvalue weighted by Gasteiger charge is -2.34. The van der Waals surface area contributed by atoms with Gasteiger partial charge < -0.3 is 19.9 Å². The summed E-state index contributed by atoms with van der Waals surface area (Å²) in [6, 6.07) is 6.47. The molecule has 1 aliphatic rings. The van der Waals surface area contributed by atoms with Crippen LogP contribution in [0, 0.1) is 6.92 Å². The predicted octanol–water partition coefficient (Wildman–Crippen LogP) is 3.49. The van der Waals surface area contributed by atoms with Gasteiger partial charge in [0.05, 0.1) is 6.10 Å². The topological polar surface area (TPSA) is 52.7 Å². The molecule has 5 nitrogen and oxygen atoms in total. The Labute approximate surface area is 156 Å². The summed E-state index contributed by atoms with van der Waals surface area (Å²) in [4.78, 5) is 10.7. The van der Waals surface area contributed by atoms with Crippen molar-refractivity contribution >= 4 is 16.9 Å².